The van der Waals surface area contributed by atoms with Crippen molar-refractivity contribution in [3.63, 3.8) is 0 Å². The van der Waals surface area contributed by atoms with Gasteiger partial charge >= 0.3 is 5.97 Å². The minimum atomic E-state index is -0.781. The average Bonchev–Trinajstić information content (AvgIpc) is 2.94. The summed E-state index contributed by atoms with van der Waals surface area (Å²) < 4.78 is 20.3. The van der Waals surface area contributed by atoms with Gasteiger partial charge in [0.05, 0.1) is 12.3 Å². The van der Waals surface area contributed by atoms with E-state index in [-0.39, 0.29) is 12.2 Å². The van der Waals surface area contributed by atoms with Crippen LogP contribution < -0.4 is 15.4 Å². The molecular weight excluding hydrogens is 493 g/mol. The highest BCUT2D eigenvalue weighted by molar-refractivity contribution is 5.67. The number of para-hydroxylation sites is 2. The first-order valence-electron chi connectivity index (χ1n) is 14.0. The summed E-state index contributed by atoms with van der Waals surface area (Å²) in [5, 5.41) is 9.07. The first-order chi connectivity index (χ1) is 19.0. The Morgan fingerprint density at radius 2 is 1.54 bits per heavy atom. The van der Waals surface area contributed by atoms with Crippen molar-refractivity contribution in [3.8, 4) is 5.75 Å². The van der Waals surface area contributed by atoms with E-state index in [1.165, 1.54) is 17.2 Å². The number of rotatable bonds is 14. The molecule has 208 valence electrons. The zero-order chi connectivity index (χ0) is 27.5. The molecule has 0 saturated carbocycles. The predicted molar refractivity (Wildman–Crippen MR) is 154 cm³/mol. The normalized spacial score (nSPS) is 13.9. The third kappa shape index (κ3) is 8.80. The second-order valence-corrected chi connectivity index (χ2v) is 10.2. The molecule has 0 atom stereocenters. The number of piperazine rings is 1. The Kier molecular flexibility index (Phi) is 10.7. The molecule has 1 fully saturated rings. The molecule has 4 rings (SSSR count). The van der Waals surface area contributed by atoms with E-state index in [0.29, 0.717) is 25.3 Å². The van der Waals surface area contributed by atoms with Crippen LogP contribution in [0.2, 0.25) is 0 Å². The number of benzene rings is 3. The van der Waals surface area contributed by atoms with Crippen molar-refractivity contribution in [1.82, 2.24) is 4.90 Å². The fourth-order valence-corrected chi connectivity index (χ4v) is 5.21. The number of carboxylic acids is 1. The van der Waals surface area contributed by atoms with E-state index >= 15 is 0 Å². The van der Waals surface area contributed by atoms with Crippen LogP contribution in [0.3, 0.4) is 0 Å². The van der Waals surface area contributed by atoms with Crippen LogP contribution in [0.4, 0.5) is 10.1 Å². The Morgan fingerprint density at radius 3 is 2.26 bits per heavy atom. The summed E-state index contributed by atoms with van der Waals surface area (Å²) in [4.78, 5) is 15.6. The number of aliphatic carboxylic acids is 1. The summed E-state index contributed by atoms with van der Waals surface area (Å²) in [6.07, 6.45) is 4.07. The van der Waals surface area contributed by atoms with Crippen LogP contribution in [-0.2, 0) is 30.5 Å². The van der Waals surface area contributed by atoms with Gasteiger partial charge in [0.2, 0.25) is 0 Å². The zero-order valence-electron chi connectivity index (χ0n) is 22.7. The van der Waals surface area contributed by atoms with Gasteiger partial charge in [-0.25, -0.2) is 4.39 Å². The molecule has 1 saturated heterocycles. The van der Waals surface area contributed by atoms with Gasteiger partial charge < -0.3 is 20.5 Å². The number of ether oxygens (including phenoxy) is 1. The van der Waals surface area contributed by atoms with Crippen LogP contribution in [-0.4, -0.2) is 61.9 Å². The maximum atomic E-state index is 14.1. The van der Waals surface area contributed by atoms with Gasteiger partial charge in [-0.1, -0.05) is 48.5 Å². The highest BCUT2D eigenvalue weighted by Crippen LogP contribution is 2.23. The summed E-state index contributed by atoms with van der Waals surface area (Å²) in [6, 6.07) is 21.6. The fourth-order valence-electron chi connectivity index (χ4n) is 5.21. The first-order valence-corrected chi connectivity index (χ1v) is 14.0. The largest absolute Gasteiger partial charge is 0.493 e. The summed E-state index contributed by atoms with van der Waals surface area (Å²) in [7, 11) is 0. The van der Waals surface area contributed by atoms with E-state index in [1.807, 2.05) is 30.3 Å². The van der Waals surface area contributed by atoms with E-state index in [2.05, 4.69) is 34.1 Å². The fraction of sp³-hybridized carbons (Fsp3) is 0.406. The second-order valence-electron chi connectivity index (χ2n) is 10.2. The van der Waals surface area contributed by atoms with Crippen LogP contribution in [0.25, 0.3) is 0 Å². The van der Waals surface area contributed by atoms with Crippen LogP contribution in [0, 0.1) is 5.82 Å². The van der Waals surface area contributed by atoms with E-state index in [4.69, 9.17) is 15.6 Å². The van der Waals surface area contributed by atoms with Crippen molar-refractivity contribution in [3.05, 3.63) is 94.8 Å². The number of nitrogens with zero attached hydrogens (tertiary/aromatic N) is 2. The molecular formula is C32H40FN3O3. The van der Waals surface area contributed by atoms with Gasteiger partial charge in [-0.3, -0.25) is 9.69 Å². The number of hydrogen-bond donors (Lipinski definition) is 2. The lowest BCUT2D eigenvalue weighted by Gasteiger charge is -2.36. The molecule has 0 radical (unpaired) electrons. The number of aryl methyl sites for hydroxylation is 3. The van der Waals surface area contributed by atoms with Crippen molar-refractivity contribution in [1.29, 1.82) is 0 Å². The molecule has 6 nitrogen and oxygen atoms in total. The van der Waals surface area contributed by atoms with Crippen LogP contribution in [0.15, 0.2) is 66.7 Å². The molecule has 0 spiro atoms. The molecule has 1 aliphatic heterocycles. The Morgan fingerprint density at radius 1 is 0.872 bits per heavy atom. The number of carboxylic acid groups (broad SMARTS) is 1. The molecule has 0 aromatic heterocycles. The number of nitrogens with two attached hydrogens (primary N) is 1. The van der Waals surface area contributed by atoms with E-state index < -0.39 is 5.97 Å². The Hall–Kier alpha value is -3.42. The molecule has 1 heterocycles. The van der Waals surface area contributed by atoms with Crippen molar-refractivity contribution < 1.29 is 19.0 Å². The smallest absolute Gasteiger partial charge is 0.303 e. The monoisotopic (exact) mass is 533 g/mol. The van der Waals surface area contributed by atoms with E-state index in [0.717, 1.165) is 75.3 Å². The molecule has 0 aliphatic carbocycles. The van der Waals surface area contributed by atoms with Crippen molar-refractivity contribution in [2.45, 2.75) is 38.5 Å². The topological polar surface area (TPSA) is 79.0 Å². The maximum absolute atomic E-state index is 14.1. The highest BCUT2D eigenvalue weighted by atomic mass is 19.1. The highest BCUT2D eigenvalue weighted by Gasteiger charge is 2.19. The van der Waals surface area contributed by atoms with Crippen molar-refractivity contribution in [2.24, 2.45) is 5.73 Å². The molecule has 0 bridgehead atoms. The van der Waals surface area contributed by atoms with Gasteiger partial charge in [-0.05, 0) is 79.1 Å². The van der Waals surface area contributed by atoms with Gasteiger partial charge in [-0.2, -0.15) is 0 Å². The van der Waals surface area contributed by atoms with E-state index in [9.17, 15) is 9.18 Å². The molecule has 39 heavy (non-hydrogen) atoms. The van der Waals surface area contributed by atoms with Crippen LogP contribution in [0.5, 0.6) is 5.75 Å². The third-order valence-corrected chi connectivity index (χ3v) is 7.27. The van der Waals surface area contributed by atoms with Gasteiger partial charge in [0, 0.05) is 39.1 Å². The summed E-state index contributed by atoms with van der Waals surface area (Å²) in [5.41, 5.74) is 11.1. The lowest BCUT2D eigenvalue weighted by molar-refractivity contribution is -0.136. The third-order valence-electron chi connectivity index (χ3n) is 7.27. The summed E-state index contributed by atoms with van der Waals surface area (Å²) >= 11 is 0. The molecule has 0 amide bonds. The van der Waals surface area contributed by atoms with Gasteiger partial charge in [0.25, 0.3) is 0 Å². The minimum absolute atomic E-state index is 0.128. The van der Waals surface area contributed by atoms with Crippen molar-refractivity contribution in [2.75, 3.05) is 50.8 Å². The Balaban J connectivity index is 1.25. The molecule has 1 aliphatic rings. The quantitative estimate of drug-likeness (QED) is 0.292. The number of anilines is 1. The van der Waals surface area contributed by atoms with Crippen molar-refractivity contribution >= 4 is 11.7 Å². The summed E-state index contributed by atoms with van der Waals surface area (Å²) in [6.45, 7) is 5.67. The zero-order valence-corrected chi connectivity index (χ0v) is 22.7. The summed E-state index contributed by atoms with van der Waals surface area (Å²) in [5.74, 6) is -0.0114. The lowest BCUT2D eigenvalue weighted by Crippen LogP contribution is -2.47. The van der Waals surface area contributed by atoms with Gasteiger partial charge in [0.1, 0.15) is 11.6 Å². The van der Waals surface area contributed by atoms with Gasteiger partial charge in [0.15, 0.2) is 0 Å². The number of hydrogen-bond acceptors (Lipinski definition) is 5. The Labute approximate surface area is 231 Å². The maximum Gasteiger partial charge on any atom is 0.303 e. The van der Waals surface area contributed by atoms with Crippen LogP contribution >= 0.6 is 0 Å². The standard InChI is InChI=1S/C32H40FN3O3/c33-29-7-2-3-8-30(29)36-19-17-35(18-20-36)16-5-21-39-31-9-4-1-6-28(31)12-10-25-22-26(11-13-32(37)38)24-27(23-25)14-15-34/h1-4,6-9,22-24H,5,10-21,34H2,(H,37,38). The van der Waals surface area contributed by atoms with Gasteiger partial charge in [-0.15, -0.1) is 0 Å². The first kappa shape index (κ1) is 28.6. The molecule has 3 N–H and O–H groups in total. The lowest BCUT2D eigenvalue weighted by atomic mass is 9.96. The predicted octanol–water partition coefficient (Wildman–Crippen LogP) is 4.72. The minimum Gasteiger partial charge on any atom is -0.493 e. The Bertz CT molecular complexity index is 1210. The number of carbonyl (C=O) groups is 1. The molecule has 3 aromatic carbocycles. The van der Waals surface area contributed by atoms with E-state index in [1.54, 1.807) is 6.07 Å². The number of halogens is 1. The molecule has 3 aromatic rings. The second kappa shape index (κ2) is 14.7. The van der Waals surface area contributed by atoms with Crippen LogP contribution in [0.1, 0.15) is 35.1 Å². The SMILES string of the molecule is NCCc1cc(CCC(=O)O)cc(CCc2ccccc2OCCCN2CCN(c3ccccc3F)CC2)c1. The molecule has 0 unspecified atom stereocenters. The molecule has 7 heteroatoms. The average molecular weight is 534 g/mol.